The molecule has 0 radical (unpaired) electrons. The highest BCUT2D eigenvalue weighted by molar-refractivity contribution is 5.58. The SMILES string of the molecule is Nc1cnc(Cc2ccc(-c3nc(C(F)(F)F)cn3C3CC3)cc2)nc1N. The first-order valence-electron chi connectivity index (χ1n) is 8.43. The molecule has 1 aliphatic carbocycles. The van der Waals surface area contributed by atoms with Gasteiger partial charge in [-0.2, -0.15) is 13.2 Å². The molecular formula is C18H17F3N6. The number of hydrogen-bond donors (Lipinski definition) is 2. The van der Waals surface area contributed by atoms with Gasteiger partial charge in [-0.05, 0) is 18.4 Å². The van der Waals surface area contributed by atoms with Gasteiger partial charge in [-0.15, -0.1) is 0 Å². The number of halogens is 3. The molecule has 2 heterocycles. The molecule has 0 spiro atoms. The number of aromatic nitrogens is 4. The van der Waals surface area contributed by atoms with Gasteiger partial charge in [-0.3, -0.25) is 0 Å². The van der Waals surface area contributed by atoms with Crippen molar-refractivity contribution in [2.75, 3.05) is 11.5 Å². The molecule has 1 saturated carbocycles. The van der Waals surface area contributed by atoms with E-state index in [9.17, 15) is 13.2 Å². The van der Waals surface area contributed by atoms with E-state index in [1.165, 1.54) is 6.20 Å². The minimum absolute atomic E-state index is 0.0921. The van der Waals surface area contributed by atoms with Crippen LogP contribution in [0.2, 0.25) is 0 Å². The zero-order chi connectivity index (χ0) is 19.2. The standard InChI is InChI=1S/C18H17F3N6/c19-18(20,21)14-9-27(12-5-6-12)17(25-14)11-3-1-10(2-4-11)7-15-24-8-13(22)16(23)26-15/h1-4,8-9,12H,5-7,22H2,(H2,23,24,26). The average Bonchev–Trinajstić information content (AvgIpc) is 3.36. The number of imidazole rings is 1. The summed E-state index contributed by atoms with van der Waals surface area (Å²) < 4.78 is 40.7. The summed E-state index contributed by atoms with van der Waals surface area (Å²) in [5, 5.41) is 0. The first-order chi connectivity index (χ1) is 12.8. The van der Waals surface area contributed by atoms with Crippen molar-refractivity contribution in [3.63, 3.8) is 0 Å². The fourth-order valence-corrected chi connectivity index (χ4v) is 2.86. The molecule has 9 heteroatoms. The van der Waals surface area contributed by atoms with Gasteiger partial charge in [0, 0.05) is 24.2 Å². The number of nitrogens with two attached hydrogens (primary N) is 2. The van der Waals surface area contributed by atoms with E-state index in [0.29, 0.717) is 29.3 Å². The van der Waals surface area contributed by atoms with Crippen molar-refractivity contribution in [3.05, 3.63) is 53.7 Å². The molecule has 1 fully saturated rings. The van der Waals surface area contributed by atoms with E-state index in [1.807, 2.05) is 12.1 Å². The van der Waals surface area contributed by atoms with E-state index in [-0.39, 0.29) is 11.9 Å². The van der Waals surface area contributed by atoms with E-state index in [1.54, 1.807) is 16.7 Å². The lowest BCUT2D eigenvalue weighted by Crippen LogP contribution is -2.05. The van der Waals surface area contributed by atoms with E-state index < -0.39 is 11.9 Å². The summed E-state index contributed by atoms with van der Waals surface area (Å²) in [6, 6.07) is 7.26. The maximum atomic E-state index is 13.0. The van der Waals surface area contributed by atoms with Crippen molar-refractivity contribution < 1.29 is 13.2 Å². The predicted octanol–water partition coefficient (Wildman–Crippen LogP) is 3.45. The van der Waals surface area contributed by atoms with E-state index in [2.05, 4.69) is 15.0 Å². The Balaban J connectivity index is 1.60. The second-order valence-electron chi connectivity index (χ2n) is 6.59. The van der Waals surface area contributed by atoms with Crippen LogP contribution in [0, 0.1) is 0 Å². The molecule has 2 aromatic heterocycles. The van der Waals surface area contributed by atoms with Crippen molar-refractivity contribution in [1.82, 2.24) is 19.5 Å². The zero-order valence-corrected chi connectivity index (χ0v) is 14.2. The normalized spacial score (nSPS) is 14.5. The van der Waals surface area contributed by atoms with Gasteiger partial charge in [0.15, 0.2) is 5.69 Å². The third kappa shape index (κ3) is 3.57. The molecule has 1 aromatic carbocycles. The number of hydrogen-bond acceptors (Lipinski definition) is 5. The van der Waals surface area contributed by atoms with Gasteiger partial charge in [0.25, 0.3) is 0 Å². The lowest BCUT2D eigenvalue weighted by atomic mass is 10.1. The van der Waals surface area contributed by atoms with Crippen molar-refractivity contribution in [2.45, 2.75) is 31.5 Å². The van der Waals surface area contributed by atoms with Crippen LogP contribution in [0.15, 0.2) is 36.7 Å². The minimum Gasteiger partial charge on any atom is -0.394 e. The Bertz CT molecular complexity index is 974. The molecule has 0 unspecified atom stereocenters. The molecule has 1 aliphatic rings. The topological polar surface area (TPSA) is 95.6 Å². The highest BCUT2D eigenvalue weighted by atomic mass is 19.4. The van der Waals surface area contributed by atoms with E-state index >= 15 is 0 Å². The van der Waals surface area contributed by atoms with Crippen molar-refractivity contribution in [1.29, 1.82) is 0 Å². The molecule has 6 nitrogen and oxygen atoms in total. The maximum Gasteiger partial charge on any atom is 0.434 e. The first-order valence-corrected chi connectivity index (χ1v) is 8.43. The molecule has 4 rings (SSSR count). The summed E-state index contributed by atoms with van der Waals surface area (Å²) in [6.07, 6.45) is 0.281. The number of benzene rings is 1. The first kappa shape index (κ1) is 17.3. The molecule has 0 aliphatic heterocycles. The average molecular weight is 374 g/mol. The van der Waals surface area contributed by atoms with Crippen LogP contribution < -0.4 is 11.5 Å². The van der Waals surface area contributed by atoms with E-state index in [4.69, 9.17) is 11.5 Å². The van der Waals surface area contributed by atoms with Crippen LogP contribution in [0.5, 0.6) is 0 Å². The Morgan fingerprint density at radius 3 is 2.37 bits per heavy atom. The van der Waals surface area contributed by atoms with Crippen LogP contribution in [0.25, 0.3) is 11.4 Å². The van der Waals surface area contributed by atoms with Crippen molar-refractivity contribution in [3.8, 4) is 11.4 Å². The van der Waals surface area contributed by atoms with Gasteiger partial charge in [0.2, 0.25) is 0 Å². The molecular weight excluding hydrogens is 357 g/mol. The molecule has 27 heavy (non-hydrogen) atoms. The fraction of sp³-hybridized carbons (Fsp3) is 0.278. The van der Waals surface area contributed by atoms with Crippen LogP contribution in [0.4, 0.5) is 24.7 Å². The molecule has 0 saturated heterocycles. The fourth-order valence-electron chi connectivity index (χ4n) is 2.86. The van der Waals surface area contributed by atoms with Gasteiger partial charge < -0.3 is 16.0 Å². The Kier molecular flexibility index (Phi) is 4.01. The Labute approximate surface area is 153 Å². The number of alkyl halides is 3. The van der Waals surface area contributed by atoms with Crippen LogP contribution >= 0.6 is 0 Å². The zero-order valence-electron chi connectivity index (χ0n) is 14.2. The third-order valence-electron chi connectivity index (χ3n) is 4.44. The minimum atomic E-state index is -4.46. The molecule has 0 bridgehead atoms. The number of nitrogens with zero attached hydrogens (tertiary/aromatic N) is 4. The second-order valence-corrected chi connectivity index (χ2v) is 6.59. The third-order valence-corrected chi connectivity index (χ3v) is 4.44. The molecule has 0 amide bonds. The summed E-state index contributed by atoms with van der Waals surface area (Å²) in [5.74, 6) is 1.08. The largest absolute Gasteiger partial charge is 0.434 e. The van der Waals surface area contributed by atoms with Crippen LogP contribution in [0.1, 0.15) is 36.0 Å². The van der Waals surface area contributed by atoms with Gasteiger partial charge in [0.05, 0.1) is 11.9 Å². The smallest absolute Gasteiger partial charge is 0.394 e. The summed E-state index contributed by atoms with van der Waals surface area (Å²) >= 11 is 0. The van der Waals surface area contributed by atoms with Gasteiger partial charge in [-0.1, -0.05) is 24.3 Å². The number of nitrogen functional groups attached to an aromatic ring is 2. The monoisotopic (exact) mass is 374 g/mol. The molecule has 140 valence electrons. The lowest BCUT2D eigenvalue weighted by Gasteiger charge is -2.07. The summed E-state index contributed by atoms with van der Waals surface area (Å²) in [4.78, 5) is 12.1. The van der Waals surface area contributed by atoms with E-state index in [0.717, 1.165) is 24.6 Å². The Morgan fingerprint density at radius 1 is 1.07 bits per heavy atom. The van der Waals surface area contributed by atoms with Gasteiger partial charge >= 0.3 is 6.18 Å². The summed E-state index contributed by atoms with van der Waals surface area (Å²) in [7, 11) is 0. The van der Waals surface area contributed by atoms with Crippen molar-refractivity contribution >= 4 is 11.5 Å². The Morgan fingerprint density at radius 2 is 1.78 bits per heavy atom. The number of rotatable bonds is 4. The van der Waals surface area contributed by atoms with Gasteiger partial charge in [-0.25, -0.2) is 15.0 Å². The quantitative estimate of drug-likeness (QED) is 0.729. The molecule has 4 N–H and O–H groups in total. The molecule has 3 aromatic rings. The summed E-state index contributed by atoms with van der Waals surface area (Å²) in [6.45, 7) is 0. The van der Waals surface area contributed by atoms with Crippen LogP contribution in [0.3, 0.4) is 0 Å². The lowest BCUT2D eigenvalue weighted by molar-refractivity contribution is -0.140. The summed E-state index contributed by atoms with van der Waals surface area (Å²) in [5.41, 5.74) is 12.3. The highest BCUT2D eigenvalue weighted by Gasteiger charge is 2.37. The predicted molar refractivity (Wildman–Crippen MR) is 94.6 cm³/mol. The van der Waals surface area contributed by atoms with Crippen molar-refractivity contribution in [2.24, 2.45) is 0 Å². The highest BCUT2D eigenvalue weighted by Crippen LogP contribution is 2.40. The number of anilines is 2. The van der Waals surface area contributed by atoms with Crippen LogP contribution in [-0.2, 0) is 12.6 Å². The molecule has 0 atom stereocenters. The van der Waals surface area contributed by atoms with Gasteiger partial charge in [0.1, 0.15) is 17.5 Å². The second kappa shape index (κ2) is 6.26. The van der Waals surface area contributed by atoms with Crippen LogP contribution in [-0.4, -0.2) is 19.5 Å². The Hall–Kier alpha value is -3.10. The maximum absolute atomic E-state index is 13.0.